The summed E-state index contributed by atoms with van der Waals surface area (Å²) in [6.07, 6.45) is 0.553. The van der Waals surface area contributed by atoms with E-state index in [4.69, 9.17) is 33.1 Å². The average molecular weight is 730 g/mol. The number of aromatic nitrogens is 2. The van der Waals surface area contributed by atoms with Crippen LogP contribution in [0.1, 0.15) is 44.9 Å². The monoisotopic (exact) mass is 729 g/mol. The van der Waals surface area contributed by atoms with E-state index < -0.39 is 17.1 Å². The third-order valence-electron chi connectivity index (χ3n) is 9.70. The number of furan rings is 1. The zero-order valence-electron chi connectivity index (χ0n) is 30.7. The van der Waals surface area contributed by atoms with Gasteiger partial charge >= 0.3 is 5.97 Å². The van der Waals surface area contributed by atoms with Crippen LogP contribution in [0.5, 0.6) is 5.75 Å². The Morgan fingerprint density at radius 2 is 1.59 bits per heavy atom. The van der Waals surface area contributed by atoms with Gasteiger partial charge in [-0.1, -0.05) is 54.6 Å². The number of hydrogen-bond acceptors (Lipinski definition) is 10. The second-order valence-corrected chi connectivity index (χ2v) is 14.8. The molecule has 6 aromatic rings. The molecule has 2 aromatic heterocycles. The molecule has 4 heterocycles. The first-order chi connectivity index (χ1) is 26.1. The van der Waals surface area contributed by atoms with Gasteiger partial charge in [-0.05, 0) is 81.3 Å². The highest BCUT2D eigenvalue weighted by Crippen LogP contribution is 2.34. The summed E-state index contributed by atoms with van der Waals surface area (Å²) in [7, 11) is 0. The van der Waals surface area contributed by atoms with Crippen molar-refractivity contribution in [2.24, 2.45) is 0 Å². The number of anilines is 1. The Kier molecular flexibility index (Phi) is 9.70. The summed E-state index contributed by atoms with van der Waals surface area (Å²) < 4.78 is 37.6. The molecule has 0 spiro atoms. The molecular formula is C43H43N3O8. The Bertz CT molecular complexity index is 2330. The molecule has 0 unspecified atom stereocenters. The van der Waals surface area contributed by atoms with Crippen molar-refractivity contribution in [3.63, 3.8) is 0 Å². The number of esters is 1. The largest absolute Gasteiger partial charge is 0.485 e. The maximum Gasteiger partial charge on any atom is 0.326 e. The average Bonchev–Trinajstić information content (AvgIpc) is 3.86. The summed E-state index contributed by atoms with van der Waals surface area (Å²) in [6.45, 7) is 8.31. The Morgan fingerprint density at radius 3 is 2.37 bits per heavy atom. The molecule has 0 saturated carbocycles. The standard InChI is InChI=1S/C43H43N3O8/c1-26(29-16-19-35-32(20-29)31-12-8-9-13-34(31)53-35)45-33-21-44-41(46(42(33)48)22-38(47)54-43(2,3)4)28-14-17-30(18-15-28)52-37-25-51-39-36(24-50-40(37)39)49-23-27-10-6-5-7-11-27/h5-21,26,36-37,39-40,45H,22-25H2,1-4H3/t26-,36-,37-,39-,40-/m1/s1. The van der Waals surface area contributed by atoms with Gasteiger partial charge in [-0.2, -0.15) is 0 Å². The number of hydrogen-bond donors (Lipinski definition) is 1. The Hall–Kier alpha value is -5.49. The topological polar surface area (TPSA) is 123 Å². The molecule has 0 aliphatic carbocycles. The lowest BCUT2D eigenvalue weighted by molar-refractivity contribution is -0.155. The first-order valence-electron chi connectivity index (χ1n) is 18.2. The maximum atomic E-state index is 14.1. The lowest BCUT2D eigenvalue weighted by Crippen LogP contribution is -2.35. The fourth-order valence-corrected chi connectivity index (χ4v) is 7.11. The molecule has 2 saturated heterocycles. The summed E-state index contributed by atoms with van der Waals surface area (Å²) in [6, 6.07) is 30.9. The Balaban J connectivity index is 0.994. The van der Waals surface area contributed by atoms with E-state index in [0.717, 1.165) is 33.1 Å². The van der Waals surface area contributed by atoms with E-state index in [0.29, 0.717) is 37.0 Å². The Morgan fingerprint density at radius 1 is 0.889 bits per heavy atom. The number of benzene rings is 4. The van der Waals surface area contributed by atoms with E-state index in [-0.39, 0.29) is 42.7 Å². The van der Waals surface area contributed by atoms with Crippen LogP contribution in [0, 0.1) is 0 Å². The number of carbonyl (C=O) groups is 1. The van der Waals surface area contributed by atoms with E-state index in [1.54, 1.807) is 20.8 Å². The Labute approximate surface area is 312 Å². The minimum atomic E-state index is -0.729. The first-order valence-corrected chi connectivity index (χ1v) is 18.2. The summed E-state index contributed by atoms with van der Waals surface area (Å²) in [5.41, 5.74) is 3.42. The van der Waals surface area contributed by atoms with Crippen molar-refractivity contribution in [2.75, 3.05) is 18.5 Å². The van der Waals surface area contributed by atoms with Crippen molar-refractivity contribution in [3.05, 3.63) is 125 Å². The molecule has 278 valence electrons. The van der Waals surface area contributed by atoms with Crippen LogP contribution in [0.15, 0.2) is 112 Å². The van der Waals surface area contributed by atoms with Crippen LogP contribution in [0.25, 0.3) is 33.3 Å². The van der Waals surface area contributed by atoms with Gasteiger partial charge in [-0.15, -0.1) is 0 Å². The van der Waals surface area contributed by atoms with Crippen molar-refractivity contribution in [1.29, 1.82) is 0 Å². The van der Waals surface area contributed by atoms with E-state index in [9.17, 15) is 9.59 Å². The minimum absolute atomic E-state index is 0.181. The summed E-state index contributed by atoms with van der Waals surface area (Å²) in [4.78, 5) is 31.9. The molecule has 5 atom stereocenters. The van der Waals surface area contributed by atoms with Gasteiger partial charge in [0, 0.05) is 22.4 Å². The molecule has 4 aromatic carbocycles. The van der Waals surface area contributed by atoms with Crippen LogP contribution in [0.3, 0.4) is 0 Å². The summed E-state index contributed by atoms with van der Waals surface area (Å²) >= 11 is 0. The highest BCUT2D eigenvalue weighted by Gasteiger charge is 2.49. The second kappa shape index (κ2) is 14.7. The molecule has 8 rings (SSSR count). The van der Waals surface area contributed by atoms with Crippen LogP contribution >= 0.6 is 0 Å². The predicted octanol–water partition coefficient (Wildman–Crippen LogP) is 7.45. The number of rotatable bonds is 11. The van der Waals surface area contributed by atoms with Gasteiger partial charge in [-0.3, -0.25) is 14.2 Å². The molecular weight excluding hydrogens is 686 g/mol. The molecule has 2 aliphatic heterocycles. The van der Waals surface area contributed by atoms with Gasteiger partial charge in [0.2, 0.25) is 0 Å². The molecule has 1 N–H and O–H groups in total. The van der Waals surface area contributed by atoms with Crippen LogP contribution in [-0.2, 0) is 36.9 Å². The van der Waals surface area contributed by atoms with E-state index in [1.165, 1.54) is 10.8 Å². The number of para-hydroxylation sites is 1. The van der Waals surface area contributed by atoms with Gasteiger partial charge in [0.05, 0.1) is 26.0 Å². The van der Waals surface area contributed by atoms with Gasteiger partial charge in [0.25, 0.3) is 5.56 Å². The SMILES string of the molecule is C[C@@H](Nc1cnc(-c2ccc(O[C@@H]3CO[C@H]4[C@@H]3OC[C@H]4OCc3ccccc3)cc2)n(CC(=O)OC(C)(C)C)c1=O)c1ccc2oc3ccccc3c2c1. The third kappa shape index (κ3) is 7.48. The fourth-order valence-electron chi connectivity index (χ4n) is 7.11. The normalized spacial score (nSPS) is 20.2. The van der Waals surface area contributed by atoms with Gasteiger partial charge in [0.1, 0.15) is 58.9 Å². The van der Waals surface area contributed by atoms with Crippen molar-refractivity contribution in [1.82, 2.24) is 9.55 Å². The van der Waals surface area contributed by atoms with E-state index >= 15 is 0 Å². The minimum Gasteiger partial charge on any atom is -0.485 e. The van der Waals surface area contributed by atoms with Crippen molar-refractivity contribution in [2.45, 2.75) is 76.9 Å². The first kappa shape index (κ1) is 35.5. The lowest BCUT2D eigenvalue weighted by Gasteiger charge is -2.22. The fraction of sp³-hybridized carbons (Fsp3) is 0.326. The maximum absolute atomic E-state index is 14.1. The third-order valence-corrected chi connectivity index (χ3v) is 9.70. The predicted molar refractivity (Wildman–Crippen MR) is 204 cm³/mol. The molecule has 54 heavy (non-hydrogen) atoms. The van der Waals surface area contributed by atoms with Crippen molar-refractivity contribution in [3.8, 4) is 17.1 Å². The van der Waals surface area contributed by atoms with Crippen LogP contribution in [0.2, 0.25) is 0 Å². The number of ether oxygens (including phenoxy) is 5. The zero-order chi connectivity index (χ0) is 37.4. The zero-order valence-corrected chi connectivity index (χ0v) is 30.7. The smallest absolute Gasteiger partial charge is 0.326 e. The molecule has 2 fully saturated rings. The summed E-state index contributed by atoms with van der Waals surface area (Å²) in [5.74, 6) is 0.387. The molecule has 11 nitrogen and oxygen atoms in total. The van der Waals surface area contributed by atoms with Crippen LogP contribution in [0.4, 0.5) is 5.69 Å². The molecule has 0 amide bonds. The van der Waals surface area contributed by atoms with Gasteiger partial charge in [0.15, 0.2) is 6.10 Å². The van der Waals surface area contributed by atoms with Crippen LogP contribution < -0.4 is 15.6 Å². The molecule has 0 bridgehead atoms. The van der Waals surface area contributed by atoms with Gasteiger partial charge < -0.3 is 33.4 Å². The molecule has 11 heteroatoms. The second-order valence-electron chi connectivity index (χ2n) is 14.8. The lowest BCUT2D eigenvalue weighted by atomic mass is 10.0. The number of nitrogens with zero attached hydrogens (tertiary/aromatic N) is 2. The highest BCUT2D eigenvalue weighted by molar-refractivity contribution is 6.05. The number of carbonyl (C=O) groups excluding carboxylic acids is 1. The molecule has 2 aliphatic rings. The number of fused-ring (bicyclic) bond motifs is 4. The highest BCUT2D eigenvalue weighted by atomic mass is 16.6. The number of nitrogens with one attached hydrogen (secondary N) is 1. The molecule has 0 radical (unpaired) electrons. The van der Waals surface area contributed by atoms with Crippen molar-refractivity contribution < 1.29 is 32.9 Å². The summed E-state index contributed by atoms with van der Waals surface area (Å²) in [5, 5.41) is 5.34. The van der Waals surface area contributed by atoms with E-state index in [1.807, 2.05) is 97.9 Å². The van der Waals surface area contributed by atoms with Gasteiger partial charge in [-0.25, -0.2) is 4.98 Å². The van der Waals surface area contributed by atoms with Crippen molar-refractivity contribution >= 4 is 33.6 Å². The van der Waals surface area contributed by atoms with E-state index in [2.05, 4.69) is 11.4 Å². The van der Waals surface area contributed by atoms with Crippen LogP contribution in [-0.4, -0.2) is 58.8 Å². The quantitative estimate of drug-likeness (QED) is 0.135.